The molecule has 0 nitrogen and oxygen atoms in total. The molecule has 0 saturated heterocycles. The van der Waals surface area contributed by atoms with Crippen LogP contribution in [0.25, 0.3) is 0 Å². The average molecular weight is 154 g/mol. The molecule has 0 aromatic rings. The molecule has 0 spiro atoms. The van der Waals surface area contributed by atoms with Gasteiger partial charge in [0.1, 0.15) is 0 Å². The van der Waals surface area contributed by atoms with Crippen LogP contribution in [0.3, 0.4) is 0 Å². The summed E-state index contributed by atoms with van der Waals surface area (Å²) in [5.74, 6) is 0.847. The van der Waals surface area contributed by atoms with Crippen LogP contribution in [-0.2, 0) is 0 Å². The van der Waals surface area contributed by atoms with Crippen LogP contribution < -0.4 is 0 Å². The smallest absolute Gasteiger partial charge is 0.0321 e. The molecule has 0 aliphatic heterocycles. The fourth-order valence-corrected chi connectivity index (χ4v) is 1.01. The molecule has 0 aromatic carbocycles. The van der Waals surface area contributed by atoms with E-state index in [4.69, 9.17) is 0 Å². The summed E-state index contributed by atoms with van der Waals surface area (Å²) in [6.07, 6.45) is 7.54. The average Bonchev–Trinajstić information content (AvgIpc) is 1.97. The van der Waals surface area contributed by atoms with Gasteiger partial charge in [0, 0.05) is 0 Å². The number of hydrogen-bond acceptors (Lipinski definition) is 0. The van der Waals surface area contributed by atoms with Gasteiger partial charge in [0.25, 0.3) is 0 Å². The standard InChI is InChI=1S/C11H22/c1-5-6-7-11(4)9-8-10(2)3/h7,10H,5-6,8-9H2,1-4H3. The van der Waals surface area contributed by atoms with Crippen LogP contribution in [-0.4, -0.2) is 0 Å². The monoisotopic (exact) mass is 154 g/mol. The third-order valence-electron chi connectivity index (χ3n) is 1.90. The first-order chi connectivity index (χ1) is 5.16. The fourth-order valence-electron chi connectivity index (χ4n) is 1.01. The zero-order valence-electron chi connectivity index (χ0n) is 8.48. The Balaban J connectivity index is 3.42. The molecule has 0 aliphatic carbocycles. The van der Waals surface area contributed by atoms with Crippen molar-refractivity contribution in [3.05, 3.63) is 11.6 Å². The normalized spacial score (nSPS) is 12.6. The summed E-state index contributed by atoms with van der Waals surface area (Å²) in [6, 6.07) is 0. The highest BCUT2D eigenvalue weighted by atomic mass is 14.0. The lowest BCUT2D eigenvalue weighted by atomic mass is 10.0. The third-order valence-corrected chi connectivity index (χ3v) is 1.90. The van der Waals surface area contributed by atoms with Gasteiger partial charge in [-0.2, -0.15) is 0 Å². The minimum atomic E-state index is 0.847. The largest absolute Gasteiger partial charge is 0.0856 e. The molecular formula is C11H22. The van der Waals surface area contributed by atoms with E-state index in [2.05, 4.69) is 33.8 Å². The first-order valence-electron chi connectivity index (χ1n) is 4.82. The molecular weight excluding hydrogens is 132 g/mol. The van der Waals surface area contributed by atoms with Crippen molar-refractivity contribution < 1.29 is 0 Å². The van der Waals surface area contributed by atoms with Gasteiger partial charge in [-0.25, -0.2) is 0 Å². The highest BCUT2D eigenvalue weighted by molar-refractivity contribution is 4.97. The van der Waals surface area contributed by atoms with Gasteiger partial charge < -0.3 is 0 Å². The second kappa shape index (κ2) is 6.45. The molecule has 0 saturated carbocycles. The van der Waals surface area contributed by atoms with E-state index in [1.54, 1.807) is 5.57 Å². The molecule has 0 unspecified atom stereocenters. The van der Waals surface area contributed by atoms with E-state index in [1.807, 2.05) is 0 Å². The molecule has 0 N–H and O–H groups in total. The van der Waals surface area contributed by atoms with E-state index in [1.165, 1.54) is 25.7 Å². The molecule has 0 fully saturated rings. The molecule has 0 aliphatic rings. The molecule has 0 radical (unpaired) electrons. The summed E-state index contributed by atoms with van der Waals surface area (Å²) >= 11 is 0. The van der Waals surface area contributed by atoms with Crippen molar-refractivity contribution in [1.29, 1.82) is 0 Å². The third kappa shape index (κ3) is 7.64. The van der Waals surface area contributed by atoms with Crippen molar-refractivity contribution in [2.24, 2.45) is 5.92 Å². The summed E-state index contributed by atoms with van der Waals surface area (Å²) in [5, 5.41) is 0. The first kappa shape index (κ1) is 10.7. The van der Waals surface area contributed by atoms with E-state index in [0.29, 0.717) is 0 Å². The number of unbranched alkanes of at least 4 members (excludes halogenated alkanes) is 1. The summed E-state index contributed by atoms with van der Waals surface area (Å²) < 4.78 is 0. The number of rotatable bonds is 5. The molecule has 0 atom stereocenters. The maximum absolute atomic E-state index is 2.38. The van der Waals surface area contributed by atoms with Gasteiger partial charge in [-0.1, -0.05) is 38.8 Å². The molecule has 66 valence electrons. The maximum Gasteiger partial charge on any atom is -0.0321 e. The Morgan fingerprint density at radius 3 is 2.45 bits per heavy atom. The van der Waals surface area contributed by atoms with Gasteiger partial charge in [-0.3, -0.25) is 0 Å². The Labute approximate surface area is 71.7 Å². The van der Waals surface area contributed by atoms with Gasteiger partial charge in [-0.05, 0) is 32.1 Å². The SMILES string of the molecule is CCCC=C(C)CCC(C)C. The summed E-state index contributed by atoms with van der Waals surface area (Å²) in [4.78, 5) is 0. The number of allylic oxidation sites excluding steroid dienone is 2. The van der Waals surface area contributed by atoms with Crippen molar-refractivity contribution in [2.45, 2.75) is 53.4 Å². The first-order valence-corrected chi connectivity index (χ1v) is 4.82. The van der Waals surface area contributed by atoms with Gasteiger partial charge in [-0.15, -0.1) is 0 Å². The highest BCUT2D eigenvalue weighted by Gasteiger charge is 1.94. The van der Waals surface area contributed by atoms with E-state index < -0.39 is 0 Å². The predicted molar refractivity (Wildman–Crippen MR) is 52.7 cm³/mol. The zero-order chi connectivity index (χ0) is 8.69. The minimum absolute atomic E-state index is 0.847. The Morgan fingerprint density at radius 2 is 2.00 bits per heavy atom. The summed E-state index contributed by atoms with van der Waals surface area (Å²) in [7, 11) is 0. The lowest BCUT2D eigenvalue weighted by molar-refractivity contribution is 0.583. The van der Waals surface area contributed by atoms with Crippen LogP contribution in [0.4, 0.5) is 0 Å². The van der Waals surface area contributed by atoms with Crippen molar-refractivity contribution in [3.8, 4) is 0 Å². The van der Waals surface area contributed by atoms with Crippen molar-refractivity contribution >= 4 is 0 Å². The molecule has 0 bridgehead atoms. The van der Waals surface area contributed by atoms with Crippen molar-refractivity contribution in [1.82, 2.24) is 0 Å². The van der Waals surface area contributed by atoms with Crippen LogP contribution >= 0.6 is 0 Å². The minimum Gasteiger partial charge on any atom is -0.0856 e. The van der Waals surface area contributed by atoms with Gasteiger partial charge in [0.15, 0.2) is 0 Å². The second-order valence-electron chi connectivity index (χ2n) is 3.77. The lowest BCUT2D eigenvalue weighted by Gasteiger charge is -2.03. The Kier molecular flexibility index (Phi) is 6.30. The molecule has 11 heavy (non-hydrogen) atoms. The lowest BCUT2D eigenvalue weighted by Crippen LogP contribution is -1.87. The molecule has 0 heteroatoms. The molecule has 0 rings (SSSR count). The van der Waals surface area contributed by atoms with Crippen LogP contribution in [0, 0.1) is 5.92 Å². The van der Waals surface area contributed by atoms with Crippen LogP contribution in [0.5, 0.6) is 0 Å². The van der Waals surface area contributed by atoms with E-state index in [-0.39, 0.29) is 0 Å². The van der Waals surface area contributed by atoms with Gasteiger partial charge in [0.05, 0.1) is 0 Å². The van der Waals surface area contributed by atoms with Gasteiger partial charge in [0.2, 0.25) is 0 Å². The second-order valence-corrected chi connectivity index (χ2v) is 3.77. The van der Waals surface area contributed by atoms with Crippen LogP contribution in [0.2, 0.25) is 0 Å². The number of hydrogen-bond donors (Lipinski definition) is 0. The maximum atomic E-state index is 2.38. The molecule has 0 amide bonds. The van der Waals surface area contributed by atoms with Crippen molar-refractivity contribution in [2.75, 3.05) is 0 Å². The summed E-state index contributed by atoms with van der Waals surface area (Å²) in [5.41, 5.74) is 1.57. The van der Waals surface area contributed by atoms with Crippen molar-refractivity contribution in [3.63, 3.8) is 0 Å². The van der Waals surface area contributed by atoms with Crippen LogP contribution in [0.15, 0.2) is 11.6 Å². The van der Waals surface area contributed by atoms with E-state index >= 15 is 0 Å². The zero-order valence-corrected chi connectivity index (χ0v) is 8.48. The Hall–Kier alpha value is -0.260. The summed E-state index contributed by atoms with van der Waals surface area (Å²) in [6.45, 7) is 9.05. The fraction of sp³-hybridized carbons (Fsp3) is 0.818. The van der Waals surface area contributed by atoms with Crippen LogP contribution in [0.1, 0.15) is 53.4 Å². The molecule has 0 aromatic heterocycles. The highest BCUT2D eigenvalue weighted by Crippen LogP contribution is 2.11. The quantitative estimate of drug-likeness (QED) is 0.521. The van der Waals surface area contributed by atoms with Gasteiger partial charge >= 0.3 is 0 Å². The Morgan fingerprint density at radius 1 is 1.36 bits per heavy atom. The van der Waals surface area contributed by atoms with E-state index in [9.17, 15) is 0 Å². The predicted octanol–water partition coefficient (Wildman–Crippen LogP) is 4.17. The molecule has 0 heterocycles. The topological polar surface area (TPSA) is 0 Å². The van der Waals surface area contributed by atoms with E-state index in [0.717, 1.165) is 5.92 Å². The Bertz CT molecular complexity index is 109.